The molecule has 0 aliphatic rings. The largest absolute Gasteiger partial charge is 0.275 e. The standard InChI is InChI=1S/C15H18ClN3OS/c1-15(2,3)21(20)18-9-11-5-6-13(16)7-14(11)12-8-17-19(4)10-12/h5-10H,1-4H3/b18-9+. The molecule has 0 saturated carbocycles. The highest BCUT2D eigenvalue weighted by Crippen LogP contribution is 2.26. The van der Waals surface area contributed by atoms with E-state index in [1.807, 2.05) is 46.1 Å². The maximum atomic E-state index is 12.0. The van der Waals surface area contributed by atoms with Gasteiger partial charge >= 0.3 is 0 Å². The van der Waals surface area contributed by atoms with Crippen molar-refractivity contribution in [3.8, 4) is 11.1 Å². The van der Waals surface area contributed by atoms with Crippen LogP contribution in [0.2, 0.25) is 5.02 Å². The highest BCUT2D eigenvalue weighted by molar-refractivity contribution is 7.85. The Kier molecular flexibility index (Phi) is 4.64. The number of nitrogens with zero attached hydrogens (tertiary/aromatic N) is 3. The van der Waals surface area contributed by atoms with Gasteiger partial charge in [0.1, 0.15) is 11.0 Å². The molecule has 1 aromatic carbocycles. The average Bonchev–Trinajstić information content (AvgIpc) is 2.82. The van der Waals surface area contributed by atoms with Gasteiger partial charge in [0.2, 0.25) is 0 Å². The van der Waals surface area contributed by atoms with Crippen LogP contribution >= 0.6 is 11.6 Å². The summed E-state index contributed by atoms with van der Waals surface area (Å²) in [5.74, 6) is 0. The second kappa shape index (κ2) is 6.12. The Morgan fingerprint density at radius 2 is 2.10 bits per heavy atom. The molecule has 2 rings (SSSR count). The van der Waals surface area contributed by atoms with Crippen LogP contribution in [0.4, 0.5) is 0 Å². The van der Waals surface area contributed by atoms with E-state index < -0.39 is 11.0 Å². The quantitative estimate of drug-likeness (QED) is 0.810. The van der Waals surface area contributed by atoms with Crippen molar-refractivity contribution in [2.75, 3.05) is 0 Å². The molecule has 0 saturated heterocycles. The third-order valence-electron chi connectivity index (χ3n) is 2.84. The van der Waals surface area contributed by atoms with Crippen LogP contribution in [-0.4, -0.2) is 25.0 Å². The van der Waals surface area contributed by atoms with Gasteiger partial charge in [-0.05, 0) is 38.5 Å². The maximum Gasteiger partial charge on any atom is 0.144 e. The summed E-state index contributed by atoms with van der Waals surface area (Å²) in [6, 6.07) is 5.52. The fourth-order valence-electron chi connectivity index (χ4n) is 1.71. The first-order valence-corrected chi connectivity index (χ1v) is 8.00. The van der Waals surface area contributed by atoms with Gasteiger partial charge in [0.25, 0.3) is 0 Å². The van der Waals surface area contributed by atoms with E-state index >= 15 is 0 Å². The zero-order valence-corrected chi connectivity index (χ0v) is 14.1. The van der Waals surface area contributed by atoms with E-state index in [9.17, 15) is 4.21 Å². The first kappa shape index (κ1) is 15.9. The Morgan fingerprint density at radius 1 is 1.38 bits per heavy atom. The van der Waals surface area contributed by atoms with Crippen molar-refractivity contribution in [3.05, 3.63) is 41.2 Å². The lowest BCUT2D eigenvalue weighted by Gasteiger charge is -2.13. The smallest absolute Gasteiger partial charge is 0.144 e. The highest BCUT2D eigenvalue weighted by Gasteiger charge is 2.18. The van der Waals surface area contributed by atoms with Gasteiger partial charge in [0.05, 0.1) is 10.9 Å². The van der Waals surface area contributed by atoms with E-state index in [1.54, 1.807) is 23.2 Å². The molecule has 1 heterocycles. The first-order valence-electron chi connectivity index (χ1n) is 6.52. The molecule has 2 aromatic rings. The molecule has 0 aliphatic heterocycles. The van der Waals surface area contributed by atoms with Gasteiger partial charge in [-0.15, -0.1) is 0 Å². The lowest BCUT2D eigenvalue weighted by Crippen LogP contribution is -2.19. The molecular formula is C15H18ClN3OS. The summed E-state index contributed by atoms with van der Waals surface area (Å²) in [4.78, 5) is 0. The van der Waals surface area contributed by atoms with Crippen LogP contribution in [0.3, 0.4) is 0 Å². The van der Waals surface area contributed by atoms with Crippen LogP contribution in [0.15, 0.2) is 35.0 Å². The predicted molar refractivity (Wildman–Crippen MR) is 89.1 cm³/mol. The number of rotatable bonds is 3. The number of aryl methyl sites for hydroxylation is 1. The lowest BCUT2D eigenvalue weighted by atomic mass is 10.0. The molecule has 0 amide bonds. The Labute approximate surface area is 132 Å². The number of aromatic nitrogens is 2. The minimum atomic E-state index is -1.29. The monoisotopic (exact) mass is 323 g/mol. The van der Waals surface area contributed by atoms with Crippen LogP contribution in [0, 0.1) is 0 Å². The van der Waals surface area contributed by atoms with Crippen molar-refractivity contribution in [2.24, 2.45) is 11.4 Å². The van der Waals surface area contributed by atoms with E-state index in [4.69, 9.17) is 11.6 Å². The third kappa shape index (κ3) is 4.02. The summed E-state index contributed by atoms with van der Waals surface area (Å²) in [6.45, 7) is 5.68. The predicted octanol–water partition coefficient (Wildman–Crippen LogP) is 3.62. The van der Waals surface area contributed by atoms with Crippen molar-refractivity contribution in [2.45, 2.75) is 25.5 Å². The highest BCUT2D eigenvalue weighted by atomic mass is 35.5. The Morgan fingerprint density at radius 3 is 2.67 bits per heavy atom. The van der Waals surface area contributed by atoms with E-state index in [1.165, 1.54) is 0 Å². The molecule has 0 fully saturated rings. The fraction of sp³-hybridized carbons (Fsp3) is 0.333. The topological polar surface area (TPSA) is 47.2 Å². The molecule has 1 unspecified atom stereocenters. The summed E-state index contributed by atoms with van der Waals surface area (Å²) in [7, 11) is 0.571. The molecule has 0 bridgehead atoms. The number of hydrogen-bond donors (Lipinski definition) is 0. The molecule has 0 N–H and O–H groups in total. The summed E-state index contributed by atoms with van der Waals surface area (Å²) in [5, 5.41) is 4.81. The summed E-state index contributed by atoms with van der Waals surface area (Å²) < 4.78 is 17.5. The van der Waals surface area contributed by atoms with Crippen LogP contribution < -0.4 is 0 Å². The average molecular weight is 324 g/mol. The summed E-state index contributed by atoms with van der Waals surface area (Å²) in [5.41, 5.74) is 2.73. The van der Waals surface area contributed by atoms with Crippen LogP contribution in [-0.2, 0) is 18.0 Å². The second-order valence-corrected chi connectivity index (χ2v) is 8.10. The Bertz CT molecular complexity index is 701. The Hall–Kier alpha value is -1.46. The van der Waals surface area contributed by atoms with Crippen molar-refractivity contribution in [1.82, 2.24) is 9.78 Å². The molecule has 0 radical (unpaired) electrons. The van der Waals surface area contributed by atoms with Gasteiger partial charge in [0, 0.05) is 35.6 Å². The van der Waals surface area contributed by atoms with Crippen molar-refractivity contribution in [1.29, 1.82) is 0 Å². The fourth-order valence-corrected chi connectivity index (χ4v) is 2.41. The van der Waals surface area contributed by atoms with Gasteiger partial charge in [-0.25, -0.2) is 4.21 Å². The number of hydrogen-bond acceptors (Lipinski definition) is 2. The SMILES string of the molecule is Cn1cc(-c2cc(Cl)ccc2/C=N/S(=O)C(C)(C)C)cn1. The van der Waals surface area contributed by atoms with Crippen LogP contribution in [0.25, 0.3) is 11.1 Å². The number of benzene rings is 1. The van der Waals surface area contributed by atoms with E-state index in [2.05, 4.69) is 9.50 Å². The maximum absolute atomic E-state index is 12.0. The van der Waals surface area contributed by atoms with Gasteiger partial charge in [-0.2, -0.15) is 9.50 Å². The van der Waals surface area contributed by atoms with Crippen molar-refractivity contribution in [3.63, 3.8) is 0 Å². The van der Waals surface area contributed by atoms with Crippen molar-refractivity contribution < 1.29 is 4.21 Å². The van der Waals surface area contributed by atoms with E-state index in [0.29, 0.717) is 5.02 Å². The minimum Gasteiger partial charge on any atom is -0.275 e. The molecule has 0 spiro atoms. The zero-order valence-electron chi connectivity index (χ0n) is 12.5. The molecular weight excluding hydrogens is 306 g/mol. The molecule has 6 heteroatoms. The number of halogens is 1. The molecule has 0 aliphatic carbocycles. The van der Waals surface area contributed by atoms with Gasteiger partial charge in [-0.1, -0.05) is 17.7 Å². The van der Waals surface area contributed by atoms with Gasteiger partial charge < -0.3 is 0 Å². The lowest BCUT2D eigenvalue weighted by molar-refractivity contribution is 0.651. The molecule has 1 atom stereocenters. The normalized spacial score (nSPS) is 13.8. The summed E-state index contributed by atoms with van der Waals surface area (Å²) in [6.07, 6.45) is 5.31. The molecule has 4 nitrogen and oxygen atoms in total. The van der Waals surface area contributed by atoms with Gasteiger partial charge in [-0.3, -0.25) is 4.68 Å². The minimum absolute atomic E-state index is 0.378. The zero-order chi connectivity index (χ0) is 15.6. The van der Waals surface area contributed by atoms with Gasteiger partial charge in [0.15, 0.2) is 0 Å². The molecule has 112 valence electrons. The summed E-state index contributed by atoms with van der Waals surface area (Å²) >= 11 is 6.08. The third-order valence-corrected chi connectivity index (χ3v) is 4.42. The Balaban J connectivity index is 2.41. The second-order valence-electron chi connectivity index (χ2n) is 5.73. The van der Waals surface area contributed by atoms with Crippen molar-refractivity contribution >= 4 is 28.8 Å². The van der Waals surface area contributed by atoms with E-state index in [0.717, 1.165) is 16.7 Å². The molecule has 21 heavy (non-hydrogen) atoms. The van der Waals surface area contributed by atoms with Crippen LogP contribution in [0.5, 0.6) is 0 Å². The van der Waals surface area contributed by atoms with Crippen LogP contribution in [0.1, 0.15) is 26.3 Å². The molecule has 1 aromatic heterocycles. The van der Waals surface area contributed by atoms with E-state index in [-0.39, 0.29) is 4.75 Å². The first-order chi connectivity index (χ1) is 9.77.